The van der Waals surface area contributed by atoms with Crippen LogP contribution in [0.5, 0.6) is 0 Å². The van der Waals surface area contributed by atoms with E-state index in [9.17, 15) is 18.0 Å². The summed E-state index contributed by atoms with van der Waals surface area (Å²) in [4.78, 5) is 29.9. The molecule has 1 saturated heterocycles. The van der Waals surface area contributed by atoms with Gasteiger partial charge in [-0.1, -0.05) is 24.3 Å². The molecule has 1 aliphatic rings. The molecular formula is C24H26N4O4S2. The molecule has 0 spiro atoms. The quantitative estimate of drug-likeness (QED) is 0.497. The third kappa shape index (κ3) is 5.24. The fourth-order valence-corrected chi connectivity index (χ4v) is 6.23. The minimum absolute atomic E-state index is 0.100. The van der Waals surface area contributed by atoms with Gasteiger partial charge < -0.3 is 9.88 Å². The lowest BCUT2D eigenvalue weighted by molar-refractivity contribution is -0.120. The van der Waals surface area contributed by atoms with E-state index in [1.165, 1.54) is 35.1 Å². The fourth-order valence-electron chi connectivity index (χ4n) is 3.83. The highest BCUT2D eigenvalue weighted by Gasteiger charge is 2.32. The van der Waals surface area contributed by atoms with Gasteiger partial charge in [-0.3, -0.25) is 9.59 Å². The van der Waals surface area contributed by atoms with Gasteiger partial charge in [-0.25, -0.2) is 13.4 Å². The molecule has 1 N–H and O–H groups in total. The van der Waals surface area contributed by atoms with Gasteiger partial charge in [0.25, 0.3) is 0 Å². The van der Waals surface area contributed by atoms with E-state index in [4.69, 9.17) is 0 Å². The second-order valence-corrected chi connectivity index (χ2v) is 11.1. The largest absolute Gasteiger partial charge is 0.329 e. The number of amides is 1. The molecule has 0 unspecified atom stereocenters. The van der Waals surface area contributed by atoms with E-state index in [0.717, 1.165) is 10.1 Å². The van der Waals surface area contributed by atoms with Crippen molar-refractivity contribution in [2.45, 2.75) is 34.7 Å². The van der Waals surface area contributed by atoms with Crippen molar-refractivity contribution < 1.29 is 18.0 Å². The number of anilines is 1. The third-order valence-electron chi connectivity index (χ3n) is 5.83. The van der Waals surface area contributed by atoms with Crippen LogP contribution in [-0.2, 0) is 21.9 Å². The first kappa shape index (κ1) is 24.2. The highest BCUT2D eigenvalue weighted by atomic mass is 32.2. The zero-order chi connectivity index (χ0) is 24.3. The Bertz CT molecular complexity index is 1310. The van der Waals surface area contributed by atoms with Crippen LogP contribution in [0.1, 0.15) is 30.1 Å². The van der Waals surface area contributed by atoms with E-state index in [-0.39, 0.29) is 35.6 Å². The summed E-state index contributed by atoms with van der Waals surface area (Å²) < 4.78 is 29.4. The normalized spacial score (nSPS) is 15.2. The van der Waals surface area contributed by atoms with Gasteiger partial charge in [0.2, 0.25) is 15.9 Å². The first-order valence-electron chi connectivity index (χ1n) is 10.9. The van der Waals surface area contributed by atoms with E-state index in [0.29, 0.717) is 24.1 Å². The lowest BCUT2D eigenvalue weighted by Gasteiger charge is -2.30. The van der Waals surface area contributed by atoms with Crippen molar-refractivity contribution in [3.63, 3.8) is 0 Å². The Morgan fingerprint density at radius 2 is 1.82 bits per heavy atom. The number of ketones is 1. The van der Waals surface area contributed by atoms with Crippen LogP contribution in [0, 0.1) is 5.92 Å². The van der Waals surface area contributed by atoms with Gasteiger partial charge in [0.1, 0.15) is 0 Å². The number of benzene rings is 2. The van der Waals surface area contributed by atoms with Crippen LogP contribution < -0.4 is 5.32 Å². The molecule has 1 fully saturated rings. The van der Waals surface area contributed by atoms with Gasteiger partial charge in [0.15, 0.2) is 10.9 Å². The van der Waals surface area contributed by atoms with Gasteiger partial charge in [-0.2, -0.15) is 4.31 Å². The number of Topliss-reactive ketones (excluding diaryl/α,β-unsaturated/α-hetero) is 1. The van der Waals surface area contributed by atoms with Crippen LogP contribution in [0.3, 0.4) is 0 Å². The van der Waals surface area contributed by atoms with Gasteiger partial charge in [0, 0.05) is 48.9 Å². The number of carbonyl (C=O) groups excluding carboxylic acids is 2. The molecule has 3 aromatic rings. The summed E-state index contributed by atoms with van der Waals surface area (Å²) in [6.07, 6.45) is 4.43. The van der Waals surface area contributed by atoms with Crippen LogP contribution in [0.2, 0.25) is 0 Å². The van der Waals surface area contributed by atoms with E-state index in [2.05, 4.69) is 10.3 Å². The van der Waals surface area contributed by atoms with E-state index >= 15 is 0 Å². The number of nitrogens with one attached hydrogen (secondary N) is 1. The second kappa shape index (κ2) is 10.1. The lowest BCUT2D eigenvalue weighted by atomic mass is 9.97. The molecule has 0 radical (unpaired) electrons. The molecule has 1 aliphatic heterocycles. The molecular weight excluding hydrogens is 472 g/mol. The summed E-state index contributed by atoms with van der Waals surface area (Å²) in [5, 5.41) is 3.83. The molecule has 0 saturated carbocycles. The molecule has 1 aromatic heterocycles. The number of para-hydroxylation sites is 1. The molecule has 2 aromatic carbocycles. The Morgan fingerprint density at radius 1 is 1.09 bits per heavy atom. The molecule has 34 heavy (non-hydrogen) atoms. The number of hydrogen-bond acceptors (Lipinski definition) is 6. The summed E-state index contributed by atoms with van der Waals surface area (Å²) in [6.45, 7) is 1.89. The van der Waals surface area contributed by atoms with Crippen LogP contribution in [-0.4, -0.2) is 47.1 Å². The average molecular weight is 499 g/mol. The number of carbonyl (C=O) groups is 2. The van der Waals surface area contributed by atoms with Gasteiger partial charge >= 0.3 is 0 Å². The van der Waals surface area contributed by atoms with Crippen LogP contribution >= 0.6 is 11.8 Å². The average Bonchev–Trinajstić information content (AvgIpc) is 3.24. The summed E-state index contributed by atoms with van der Waals surface area (Å²) in [5.74, 6) is -0.599. The van der Waals surface area contributed by atoms with E-state index in [1.807, 2.05) is 42.1 Å². The van der Waals surface area contributed by atoms with Crippen molar-refractivity contribution in [2.75, 3.05) is 18.4 Å². The van der Waals surface area contributed by atoms with Crippen molar-refractivity contribution >= 4 is 39.2 Å². The Hall–Kier alpha value is -2.95. The predicted molar refractivity (Wildman–Crippen MR) is 130 cm³/mol. The maximum Gasteiger partial charge on any atom is 0.243 e. The lowest BCUT2D eigenvalue weighted by Crippen LogP contribution is -2.41. The highest BCUT2D eigenvalue weighted by Crippen LogP contribution is 2.33. The van der Waals surface area contributed by atoms with Crippen molar-refractivity contribution in [3.05, 3.63) is 66.5 Å². The second-order valence-electron chi connectivity index (χ2n) is 8.17. The maximum absolute atomic E-state index is 13.1. The minimum atomic E-state index is -3.73. The number of piperidine rings is 1. The minimum Gasteiger partial charge on any atom is -0.329 e. The van der Waals surface area contributed by atoms with Crippen LogP contribution in [0.25, 0.3) is 0 Å². The molecule has 8 nitrogen and oxygen atoms in total. The first-order valence-corrected chi connectivity index (χ1v) is 13.2. The number of imidazole rings is 1. The Labute approximate surface area is 203 Å². The predicted octanol–water partition coefficient (Wildman–Crippen LogP) is 3.81. The highest BCUT2D eigenvalue weighted by molar-refractivity contribution is 7.99. The summed E-state index contributed by atoms with van der Waals surface area (Å²) >= 11 is 1.47. The van der Waals surface area contributed by atoms with Crippen molar-refractivity contribution in [2.24, 2.45) is 13.0 Å². The smallest absolute Gasteiger partial charge is 0.243 e. The fraction of sp³-hybridized carbons (Fsp3) is 0.292. The van der Waals surface area contributed by atoms with Crippen LogP contribution in [0.4, 0.5) is 5.69 Å². The number of rotatable bonds is 7. The molecule has 10 heteroatoms. The van der Waals surface area contributed by atoms with E-state index < -0.39 is 10.0 Å². The van der Waals surface area contributed by atoms with Gasteiger partial charge in [-0.05, 0) is 55.8 Å². The Kier molecular flexibility index (Phi) is 7.20. The SMILES string of the molecule is CC(=O)c1cccc(S(=O)(=O)N2CCC(C(=O)Nc3ccccc3Sc3nccn3C)CC2)c1. The number of sulfonamides is 1. The molecule has 0 atom stereocenters. The molecule has 4 rings (SSSR count). The number of aryl methyl sites for hydroxylation is 1. The summed E-state index contributed by atoms with van der Waals surface area (Å²) in [5.41, 5.74) is 1.06. The van der Waals surface area contributed by atoms with Crippen molar-refractivity contribution in [1.82, 2.24) is 13.9 Å². The Morgan fingerprint density at radius 3 is 2.50 bits per heavy atom. The zero-order valence-electron chi connectivity index (χ0n) is 19.0. The first-order chi connectivity index (χ1) is 16.3. The molecule has 0 aliphatic carbocycles. The maximum atomic E-state index is 13.1. The summed E-state index contributed by atoms with van der Waals surface area (Å²) in [7, 11) is -1.82. The van der Waals surface area contributed by atoms with Crippen LogP contribution in [0.15, 0.2) is 75.9 Å². The topological polar surface area (TPSA) is 101 Å². The molecule has 2 heterocycles. The molecule has 0 bridgehead atoms. The van der Waals surface area contributed by atoms with E-state index in [1.54, 1.807) is 18.3 Å². The van der Waals surface area contributed by atoms with Crippen molar-refractivity contribution in [3.8, 4) is 0 Å². The molecule has 178 valence electrons. The number of hydrogen-bond donors (Lipinski definition) is 1. The zero-order valence-corrected chi connectivity index (χ0v) is 20.6. The standard InChI is InChI=1S/C24H26N4O4S2/c1-17(29)19-6-5-7-20(16-19)34(31,32)28-13-10-18(11-14-28)23(30)26-21-8-3-4-9-22(21)33-24-25-12-15-27(24)2/h3-9,12,15-16,18H,10-11,13-14H2,1-2H3,(H,26,30). The number of aromatic nitrogens is 2. The number of nitrogens with zero attached hydrogens (tertiary/aromatic N) is 3. The Balaban J connectivity index is 1.40. The summed E-state index contributed by atoms with van der Waals surface area (Å²) in [6, 6.07) is 13.6. The third-order valence-corrected chi connectivity index (χ3v) is 8.87. The monoisotopic (exact) mass is 498 g/mol. The van der Waals surface area contributed by atoms with Crippen molar-refractivity contribution in [1.29, 1.82) is 0 Å². The van der Waals surface area contributed by atoms with Gasteiger partial charge in [-0.15, -0.1) is 0 Å². The van der Waals surface area contributed by atoms with Gasteiger partial charge in [0.05, 0.1) is 10.6 Å². The molecule has 1 amide bonds.